The van der Waals surface area contributed by atoms with Gasteiger partial charge in [0.25, 0.3) is 0 Å². The molecule has 114 valence electrons. The van der Waals surface area contributed by atoms with Gasteiger partial charge in [-0.15, -0.1) is 24.0 Å². The fourth-order valence-corrected chi connectivity index (χ4v) is 1.89. The number of nitrogens with two attached hydrogens (primary N) is 1. The van der Waals surface area contributed by atoms with E-state index in [1.165, 1.54) is 0 Å². The third-order valence-electron chi connectivity index (χ3n) is 2.98. The number of benzene rings is 1. The SMILES string of the molecule is CCN(CC)C(N)=NCc1cccc(OC)c1OC.I. The monoisotopic (exact) mass is 393 g/mol. The van der Waals surface area contributed by atoms with Crippen molar-refractivity contribution in [3.05, 3.63) is 23.8 Å². The van der Waals surface area contributed by atoms with Crippen molar-refractivity contribution in [2.75, 3.05) is 27.3 Å². The van der Waals surface area contributed by atoms with Gasteiger partial charge in [-0.05, 0) is 19.9 Å². The largest absolute Gasteiger partial charge is 0.493 e. The van der Waals surface area contributed by atoms with Crippen LogP contribution in [-0.4, -0.2) is 38.2 Å². The number of guanidine groups is 1. The Hall–Kier alpha value is -1.18. The minimum Gasteiger partial charge on any atom is -0.493 e. The van der Waals surface area contributed by atoms with E-state index in [4.69, 9.17) is 15.2 Å². The van der Waals surface area contributed by atoms with Crippen molar-refractivity contribution < 1.29 is 9.47 Å². The summed E-state index contributed by atoms with van der Waals surface area (Å²) in [5.41, 5.74) is 6.91. The fraction of sp³-hybridized carbons (Fsp3) is 0.500. The van der Waals surface area contributed by atoms with E-state index in [-0.39, 0.29) is 24.0 Å². The molecule has 1 rings (SSSR count). The summed E-state index contributed by atoms with van der Waals surface area (Å²) in [6.45, 7) is 6.28. The second-order valence-corrected chi connectivity index (χ2v) is 4.00. The highest BCUT2D eigenvalue weighted by Gasteiger charge is 2.09. The van der Waals surface area contributed by atoms with Crippen LogP contribution in [0.15, 0.2) is 23.2 Å². The summed E-state index contributed by atoms with van der Waals surface area (Å²) >= 11 is 0. The zero-order valence-corrected chi connectivity index (χ0v) is 14.9. The van der Waals surface area contributed by atoms with Gasteiger partial charge in [-0.2, -0.15) is 0 Å². The molecule has 0 aromatic heterocycles. The first kappa shape index (κ1) is 18.8. The standard InChI is InChI=1S/C14H23N3O2.HI/c1-5-17(6-2)14(15)16-10-11-8-7-9-12(18-3)13(11)19-4;/h7-9H,5-6,10H2,1-4H3,(H2,15,16);1H. The summed E-state index contributed by atoms with van der Waals surface area (Å²) in [4.78, 5) is 6.41. The molecule has 0 saturated heterocycles. The highest BCUT2D eigenvalue weighted by Crippen LogP contribution is 2.30. The molecule has 0 aliphatic rings. The first-order chi connectivity index (χ1) is 9.17. The Labute approximate surface area is 138 Å². The third kappa shape index (κ3) is 4.73. The molecule has 0 aliphatic heterocycles. The van der Waals surface area contributed by atoms with E-state index in [1.807, 2.05) is 23.1 Å². The molecule has 0 bridgehead atoms. The smallest absolute Gasteiger partial charge is 0.191 e. The average Bonchev–Trinajstić information content (AvgIpc) is 2.45. The number of hydrogen-bond donors (Lipinski definition) is 1. The lowest BCUT2D eigenvalue weighted by Gasteiger charge is -2.19. The maximum absolute atomic E-state index is 5.95. The van der Waals surface area contributed by atoms with Crippen LogP contribution in [0.5, 0.6) is 11.5 Å². The van der Waals surface area contributed by atoms with E-state index in [0.717, 1.165) is 18.7 Å². The molecule has 0 heterocycles. The first-order valence-electron chi connectivity index (χ1n) is 6.42. The molecule has 0 spiro atoms. The van der Waals surface area contributed by atoms with Crippen molar-refractivity contribution in [1.29, 1.82) is 0 Å². The summed E-state index contributed by atoms with van der Waals surface area (Å²) in [5, 5.41) is 0. The van der Waals surface area contributed by atoms with Gasteiger partial charge in [0, 0.05) is 18.7 Å². The van der Waals surface area contributed by atoms with Crippen LogP contribution in [-0.2, 0) is 6.54 Å². The second-order valence-electron chi connectivity index (χ2n) is 4.00. The topological polar surface area (TPSA) is 60.1 Å². The van der Waals surface area contributed by atoms with Crippen LogP contribution < -0.4 is 15.2 Å². The highest BCUT2D eigenvalue weighted by atomic mass is 127. The van der Waals surface area contributed by atoms with Crippen LogP contribution in [0.25, 0.3) is 0 Å². The van der Waals surface area contributed by atoms with Gasteiger partial charge in [-0.3, -0.25) is 0 Å². The molecule has 0 radical (unpaired) electrons. The molecular weight excluding hydrogens is 369 g/mol. The highest BCUT2D eigenvalue weighted by molar-refractivity contribution is 14.0. The van der Waals surface area contributed by atoms with Gasteiger partial charge in [0.2, 0.25) is 0 Å². The summed E-state index contributed by atoms with van der Waals surface area (Å²) < 4.78 is 10.6. The summed E-state index contributed by atoms with van der Waals surface area (Å²) in [6, 6.07) is 5.74. The van der Waals surface area contributed by atoms with Crippen molar-refractivity contribution in [2.45, 2.75) is 20.4 Å². The van der Waals surface area contributed by atoms with Crippen molar-refractivity contribution in [3.63, 3.8) is 0 Å². The van der Waals surface area contributed by atoms with E-state index < -0.39 is 0 Å². The van der Waals surface area contributed by atoms with Gasteiger partial charge in [0.1, 0.15) is 0 Å². The lowest BCUT2D eigenvalue weighted by atomic mass is 10.2. The molecule has 0 fully saturated rings. The lowest BCUT2D eigenvalue weighted by Crippen LogP contribution is -2.37. The van der Waals surface area contributed by atoms with E-state index in [9.17, 15) is 0 Å². The number of nitrogens with zero attached hydrogens (tertiary/aromatic N) is 2. The van der Waals surface area contributed by atoms with Gasteiger partial charge >= 0.3 is 0 Å². The molecule has 0 unspecified atom stereocenters. The van der Waals surface area contributed by atoms with Crippen molar-refractivity contribution >= 4 is 29.9 Å². The minimum atomic E-state index is 0. The summed E-state index contributed by atoms with van der Waals surface area (Å²) in [6.07, 6.45) is 0. The first-order valence-corrected chi connectivity index (χ1v) is 6.42. The minimum absolute atomic E-state index is 0. The number of ether oxygens (including phenoxy) is 2. The van der Waals surface area contributed by atoms with Crippen LogP contribution in [0.4, 0.5) is 0 Å². The van der Waals surface area contributed by atoms with Gasteiger partial charge in [-0.25, -0.2) is 4.99 Å². The van der Waals surface area contributed by atoms with Crippen molar-refractivity contribution in [3.8, 4) is 11.5 Å². The van der Waals surface area contributed by atoms with E-state index in [0.29, 0.717) is 24.0 Å². The number of para-hydroxylation sites is 1. The van der Waals surface area contributed by atoms with Crippen LogP contribution in [0, 0.1) is 0 Å². The quantitative estimate of drug-likeness (QED) is 0.458. The molecule has 0 saturated carbocycles. The van der Waals surface area contributed by atoms with Gasteiger partial charge < -0.3 is 20.1 Å². The van der Waals surface area contributed by atoms with Crippen LogP contribution in [0.2, 0.25) is 0 Å². The van der Waals surface area contributed by atoms with E-state index in [1.54, 1.807) is 14.2 Å². The number of hydrogen-bond acceptors (Lipinski definition) is 3. The average molecular weight is 393 g/mol. The maximum Gasteiger partial charge on any atom is 0.191 e. The Morgan fingerprint density at radius 2 is 1.85 bits per heavy atom. The number of aliphatic imine (C=N–C) groups is 1. The molecule has 2 N–H and O–H groups in total. The van der Waals surface area contributed by atoms with Crippen molar-refractivity contribution in [1.82, 2.24) is 4.90 Å². The summed E-state index contributed by atoms with van der Waals surface area (Å²) in [5.74, 6) is 1.97. The van der Waals surface area contributed by atoms with Crippen LogP contribution in [0.1, 0.15) is 19.4 Å². The van der Waals surface area contributed by atoms with Crippen LogP contribution >= 0.6 is 24.0 Å². The molecule has 0 aliphatic carbocycles. The zero-order valence-electron chi connectivity index (χ0n) is 12.5. The molecule has 0 atom stereocenters. The Morgan fingerprint density at radius 3 is 2.35 bits per heavy atom. The number of methoxy groups -OCH3 is 2. The Kier molecular flexibility index (Phi) is 9.11. The number of rotatable bonds is 6. The van der Waals surface area contributed by atoms with Crippen molar-refractivity contribution in [2.24, 2.45) is 10.7 Å². The zero-order chi connectivity index (χ0) is 14.3. The second kappa shape index (κ2) is 9.68. The lowest BCUT2D eigenvalue weighted by molar-refractivity contribution is 0.351. The predicted molar refractivity (Wildman–Crippen MR) is 93.2 cm³/mol. The molecule has 5 nitrogen and oxygen atoms in total. The number of halogens is 1. The maximum atomic E-state index is 5.95. The van der Waals surface area contributed by atoms with Gasteiger partial charge in [0.15, 0.2) is 17.5 Å². The Bertz CT molecular complexity index is 434. The van der Waals surface area contributed by atoms with Gasteiger partial charge in [-0.1, -0.05) is 12.1 Å². The third-order valence-corrected chi connectivity index (χ3v) is 2.98. The normalized spacial score (nSPS) is 10.7. The predicted octanol–water partition coefficient (Wildman–Crippen LogP) is 2.48. The molecule has 0 amide bonds. The van der Waals surface area contributed by atoms with Crippen LogP contribution in [0.3, 0.4) is 0 Å². The Balaban J connectivity index is 0.00000361. The molecule has 6 heteroatoms. The van der Waals surface area contributed by atoms with E-state index in [2.05, 4.69) is 18.8 Å². The van der Waals surface area contributed by atoms with Gasteiger partial charge in [0.05, 0.1) is 20.8 Å². The summed E-state index contributed by atoms with van der Waals surface area (Å²) in [7, 11) is 3.24. The molecular formula is C14H24IN3O2. The molecule has 20 heavy (non-hydrogen) atoms. The fourth-order valence-electron chi connectivity index (χ4n) is 1.89. The molecule has 1 aromatic carbocycles. The van der Waals surface area contributed by atoms with E-state index >= 15 is 0 Å². The molecule has 1 aromatic rings. The Morgan fingerprint density at radius 1 is 1.20 bits per heavy atom.